The first-order chi connectivity index (χ1) is 14.8. The summed E-state index contributed by atoms with van der Waals surface area (Å²) in [5, 5.41) is 0. The highest BCUT2D eigenvalue weighted by Gasteiger charge is 2.37. The van der Waals surface area contributed by atoms with Gasteiger partial charge < -0.3 is 0 Å². The van der Waals surface area contributed by atoms with Crippen molar-refractivity contribution in [2.45, 2.75) is 45.7 Å². The smallest absolute Gasteiger partial charge is 0.206 e. The number of aryl methyl sites for hydroxylation is 2. The summed E-state index contributed by atoms with van der Waals surface area (Å²) < 4.78 is 56.2. The van der Waals surface area contributed by atoms with Crippen LogP contribution in [0.1, 0.15) is 54.0 Å². The SMILES string of the molecule is CCCCCc1ccc(C=Cc2ccc(-c3ccc(C)cc3)c(F)c2C(F)(F)F)cc1. The molecule has 0 aliphatic heterocycles. The van der Waals surface area contributed by atoms with Gasteiger partial charge in [0.15, 0.2) is 0 Å². The number of halogens is 4. The van der Waals surface area contributed by atoms with Crippen LogP contribution in [0.5, 0.6) is 0 Å². The predicted octanol–water partition coefficient (Wildman–Crippen LogP) is 8.72. The fraction of sp³-hybridized carbons (Fsp3) is 0.259. The molecule has 0 aliphatic carbocycles. The minimum Gasteiger partial charge on any atom is -0.206 e. The normalized spacial score (nSPS) is 11.9. The van der Waals surface area contributed by atoms with Crippen LogP contribution < -0.4 is 0 Å². The molecule has 0 unspecified atom stereocenters. The van der Waals surface area contributed by atoms with Gasteiger partial charge in [0.1, 0.15) is 5.82 Å². The molecule has 0 saturated carbocycles. The Balaban J connectivity index is 1.90. The van der Waals surface area contributed by atoms with Crippen molar-refractivity contribution in [2.75, 3.05) is 0 Å². The first-order valence-corrected chi connectivity index (χ1v) is 10.5. The van der Waals surface area contributed by atoms with Crippen molar-refractivity contribution in [2.24, 2.45) is 0 Å². The Morgan fingerprint density at radius 1 is 0.806 bits per heavy atom. The zero-order valence-electron chi connectivity index (χ0n) is 17.8. The lowest BCUT2D eigenvalue weighted by atomic mass is 9.96. The van der Waals surface area contributed by atoms with E-state index in [9.17, 15) is 17.6 Å². The maximum Gasteiger partial charge on any atom is 0.419 e. The van der Waals surface area contributed by atoms with Crippen molar-refractivity contribution >= 4 is 12.2 Å². The Morgan fingerprint density at radius 3 is 2.10 bits per heavy atom. The van der Waals surface area contributed by atoms with Crippen LogP contribution in [-0.2, 0) is 12.6 Å². The Morgan fingerprint density at radius 2 is 1.48 bits per heavy atom. The lowest BCUT2D eigenvalue weighted by Gasteiger charge is -2.15. The Kier molecular flexibility index (Phi) is 7.32. The molecular weight excluding hydrogens is 400 g/mol. The molecule has 3 aromatic carbocycles. The summed E-state index contributed by atoms with van der Waals surface area (Å²) in [6.45, 7) is 4.02. The van der Waals surface area contributed by atoms with Crippen LogP contribution in [0.25, 0.3) is 23.3 Å². The average Bonchev–Trinajstić information content (AvgIpc) is 2.73. The van der Waals surface area contributed by atoms with E-state index < -0.39 is 17.6 Å². The van der Waals surface area contributed by atoms with Gasteiger partial charge in [0, 0.05) is 5.56 Å². The van der Waals surface area contributed by atoms with Gasteiger partial charge in [0.2, 0.25) is 0 Å². The largest absolute Gasteiger partial charge is 0.419 e. The van der Waals surface area contributed by atoms with Gasteiger partial charge in [-0.05, 0) is 42.0 Å². The molecule has 0 aromatic heterocycles. The maximum atomic E-state index is 15.0. The molecule has 31 heavy (non-hydrogen) atoms. The Hall–Kier alpha value is -2.88. The summed E-state index contributed by atoms with van der Waals surface area (Å²) in [7, 11) is 0. The highest BCUT2D eigenvalue weighted by molar-refractivity contribution is 5.75. The van der Waals surface area contributed by atoms with Gasteiger partial charge in [0.05, 0.1) is 5.56 Å². The van der Waals surface area contributed by atoms with E-state index in [1.807, 2.05) is 31.2 Å². The van der Waals surface area contributed by atoms with Gasteiger partial charge >= 0.3 is 6.18 Å². The summed E-state index contributed by atoms with van der Waals surface area (Å²) in [5.74, 6) is -1.25. The highest BCUT2D eigenvalue weighted by Crippen LogP contribution is 2.39. The summed E-state index contributed by atoms with van der Waals surface area (Å²) >= 11 is 0. The maximum absolute atomic E-state index is 15.0. The fourth-order valence-corrected chi connectivity index (χ4v) is 3.53. The number of hydrogen-bond acceptors (Lipinski definition) is 0. The van der Waals surface area contributed by atoms with Gasteiger partial charge in [-0.25, -0.2) is 4.39 Å². The van der Waals surface area contributed by atoms with Crippen molar-refractivity contribution < 1.29 is 17.6 Å². The molecule has 0 fully saturated rings. The number of benzene rings is 3. The summed E-state index contributed by atoms with van der Waals surface area (Å²) in [4.78, 5) is 0. The third-order valence-corrected chi connectivity index (χ3v) is 5.32. The van der Waals surface area contributed by atoms with Crippen LogP contribution in [-0.4, -0.2) is 0 Å². The third-order valence-electron chi connectivity index (χ3n) is 5.32. The van der Waals surface area contributed by atoms with Gasteiger partial charge in [-0.2, -0.15) is 13.2 Å². The van der Waals surface area contributed by atoms with Crippen LogP contribution >= 0.6 is 0 Å². The van der Waals surface area contributed by atoms with Crippen LogP contribution in [0.4, 0.5) is 17.6 Å². The summed E-state index contributed by atoms with van der Waals surface area (Å²) in [6.07, 6.45) is 2.55. The molecule has 0 amide bonds. The van der Waals surface area contributed by atoms with Gasteiger partial charge in [-0.15, -0.1) is 0 Å². The summed E-state index contributed by atoms with van der Waals surface area (Å²) in [5.41, 5.74) is 1.87. The van der Waals surface area contributed by atoms with Crippen molar-refractivity contribution in [1.82, 2.24) is 0 Å². The van der Waals surface area contributed by atoms with Crippen LogP contribution in [0.2, 0.25) is 0 Å². The molecule has 0 radical (unpaired) electrons. The summed E-state index contributed by atoms with van der Waals surface area (Å²) in [6, 6.07) is 17.2. The van der Waals surface area contributed by atoms with Crippen molar-refractivity contribution in [3.8, 4) is 11.1 Å². The van der Waals surface area contributed by atoms with Crippen LogP contribution in [0.15, 0.2) is 60.7 Å². The molecule has 0 aliphatic rings. The predicted molar refractivity (Wildman–Crippen MR) is 120 cm³/mol. The lowest BCUT2D eigenvalue weighted by molar-refractivity contribution is -0.140. The number of alkyl halides is 3. The van der Waals surface area contributed by atoms with Crippen molar-refractivity contribution in [1.29, 1.82) is 0 Å². The van der Waals surface area contributed by atoms with Crippen LogP contribution in [0, 0.1) is 12.7 Å². The quantitative estimate of drug-likeness (QED) is 0.201. The zero-order valence-corrected chi connectivity index (χ0v) is 17.8. The second-order valence-electron chi connectivity index (χ2n) is 7.79. The monoisotopic (exact) mass is 426 g/mol. The van der Waals surface area contributed by atoms with E-state index in [0.29, 0.717) is 5.56 Å². The lowest BCUT2D eigenvalue weighted by Crippen LogP contribution is -2.11. The standard InChI is InChI=1S/C27H26F4/c1-3-4-5-6-20-9-11-21(12-10-20)13-16-23-17-18-24(22-14-7-19(2)8-15-22)26(28)25(23)27(29,30)31/h7-18H,3-6H2,1-2H3. The highest BCUT2D eigenvalue weighted by atomic mass is 19.4. The van der Waals surface area contributed by atoms with E-state index in [0.717, 1.165) is 30.4 Å². The van der Waals surface area contributed by atoms with Crippen molar-refractivity contribution in [3.05, 3.63) is 94.3 Å². The van der Waals surface area contributed by atoms with E-state index in [2.05, 4.69) is 6.92 Å². The minimum absolute atomic E-state index is 0.0547. The Labute approximate surface area is 181 Å². The molecule has 0 N–H and O–H groups in total. The molecular formula is C27H26F4. The number of rotatable bonds is 7. The molecule has 0 bridgehead atoms. The molecule has 0 heterocycles. The topological polar surface area (TPSA) is 0 Å². The first kappa shape index (κ1) is 22.8. The number of unbranched alkanes of at least 4 members (excludes halogenated alkanes) is 2. The zero-order chi connectivity index (χ0) is 22.4. The van der Waals surface area contributed by atoms with Gasteiger partial charge in [-0.1, -0.05) is 98.1 Å². The molecule has 3 aromatic rings. The van der Waals surface area contributed by atoms with Crippen LogP contribution in [0.3, 0.4) is 0 Å². The third kappa shape index (κ3) is 5.84. The minimum atomic E-state index is -4.80. The van der Waals surface area contributed by atoms with E-state index in [4.69, 9.17) is 0 Å². The molecule has 0 nitrogen and oxygen atoms in total. The van der Waals surface area contributed by atoms with E-state index in [1.54, 1.807) is 30.3 Å². The van der Waals surface area contributed by atoms with Crippen molar-refractivity contribution in [3.63, 3.8) is 0 Å². The molecule has 162 valence electrons. The van der Waals surface area contributed by atoms with E-state index in [-0.39, 0.29) is 11.1 Å². The molecule has 3 rings (SSSR count). The molecule has 0 saturated heterocycles. The number of hydrogen-bond donors (Lipinski definition) is 0. The first-order valence-electron chi connectivity index (χ1n) is 10.5. The second-order valence-corrected chi connectivity index (χ2v) is 7.79. The van der Waals surface area contributed by atoms with E-state index >= 15 is 0 Å². The second kappa shape index (κ2) is 9.95. The molecule has 0 spiro atoms. The molecule has 4 heteroatoms. The average molecular weight is 426 g/mol. The molecule has 0 atom stereocenters. The van der Waals surface area contributed by atoms with E-state index in [1.165, 1.54) is 30.2 Å². The fourth-order valence-electron chi connectivity index (χ4n) is 3.53. The Bertz CT molecular complexity index is 1030. The van der Waals surface area contributed by atoms with Gasteiger partial charge in [-0.3, -0.25) is 0 Å². The van der Waals surface area contributed by atoms with Gasteiger partial charge in [0.25, 0.3) is 0 Å².